The third-order valence-corrected chi connectivity index (χ3v) is 1.84. The van der Waals surface area contributed by atoms with Crippen LogP contribution in [0.5, 0.6) is 0 Å². The highest BCUT2D eigenvalue weighted by Crippen LogP contribution is 2.09. The standard InChI is InChI=1S/C7H14N2O2/c1-2-11-5-3-6(7(8)10)9-4-5/h5-6,9H,2-4H2,1H3,(H2,8,10)/t5-,6-/m1/s1. The topological polar surface area (TPSA) is 64.3 Å². The zero-order valence-electron chi connectivity index (χ0n) is 6.67. The summed E-state index contributed by atoms with van der Waals surface area (Å²) >= 11 is 0. The third kappa shape index (κ3) is 2.17. The van der Waals surface area contributed by atoms with Crippen molar-refractivity contribution in [3.05, 3.63) is 0 Å². The van der Waals surface area contributed by atoms with E-state index >= 15 is 0 Å². The van der Waals surface area contributed by atoms with E-state index in [0.717, 1.165) is 6.54 Å². The van der Waals surface area contributed by atoms with Gasteiger partial charge in [0.05, 0.1) is 12.1 Å². The van der Waals surface area contributed by atoms with E-state index in [4.69, 9.17) is 10.5 Å². The van der Waals surface area contributed by atoms with Crippen molar-refractivity contribution in [1.82, 2.24) is 5.32 Å². The van der Waals surface area contributed by atoms with Crippen molar-refractivity contribution in [2.24, 2.45) is 5.73 Å². The normalized spacial score (nSPS) is 30.6. The molecule has 1 fully saturated rings. The van der Waals surface area contributed by atoms with Crippen molar-refractivity contribution in [2.75, 3.05) is 13.2 Å². The Labute approximate surface area is 66.1 Å². The summed E-state index contributed by atoms with van der Waals surface area (Å²) in [6.45, 7) is 3.37. The quantitative estimate of drug-likeness (QED) is 0.567. The predicted octanol–water partition coefficient (Wildman–Crippen LogP) is -0.761. The first-order valence-corrected chi connectivity index (χ1v) is 3.88. The van der Waals surface area contributed by atoms with E-state index in [9.17, 15) is 4.79 Å². The SMILES string of the molecule is CCO[C@H]1CN[C@@H](C(N)=O)C1. The summed E-state index contributed by atoms with van der Waals surface area (Å²) in [5.74, 6) is -0.285. The van der Waals surface area contributed by atoms with Crippen molar-refractivity contribution in [1.29, 1.82) is 0 Å². The Morgan fingerprint density at radius 3 is 3.00 bits per heavy atom. The maximum atomic E-state index is 10.7. The van der Waals surface area contributed by atoms with Crippen LogP contribution in [0.15, 0.2) is 0 Å². The Morgan fingerprint density at radius 1 is 1.82 bits per heavy atom. The lowest BCUT2D eigenvalue weighted by Gasteiger charge is -2.07. The molecule has 0 bridgehead atoms. The number of nitrogens with one attached hydrogen (secondary N) is 1. The van der Waals surface area contributed by atoms with Gasteiger partial charge in [-0.05, 0) is 13.3 Å². The second kappa shape index (κ2) is 3.69. The van der Waals surface area contributed by atoms with Gasteiger partial charge in [-0.15, -0.1) is 0 Å². The number of rotatable bonds is 3. The molecule has 0 aromatic heterocycles. The molecule has 0 radical (unpaired) electrons. The van der Waals surface area contributed by atoms with E-state index in [2.05, 4.69) is 5.32 Å². The molecule has 0 unspecified atom stereocenters. The molecule has 0 spiro atoms. The average molecular weight is 158 g/mol. The minimum Gasteiger partial charge on any atom is -0.377 e. The van der Waals surface area contributed by atoms with Crippen LogP contribution in [-0.4, -0.2) is 31.2 Å². The molecule has 4 heteroatoms. The predicted molar refractivity (Wildman–Crippen MR) is 41.0 cm³/mol. The van der Waals surface area contributed by atoms with E-state index in [1.807, 2.05) is 6.92 Å². The molecule has 1 aliphatic heterocycles. The fraction of sp³-hybridized carbons (Fsp3) is 0.857. The van der Waals surface area contributed by atoms with Crippen LogP contribution >= 0.6 is 0 Å². The Morgan fingerprint density at radius 2 is 2.55 bits per heavy atom. The number of carbonyl (C=O) groups excluding carboxylic acids is 1. The van der Waals surface area contributed by atoms with Crippen molar-refractivity contribution in [3.8, 4) is 0 Å². The maximum absolute atomic E-state index is 10.7. The van der Waals surface area contributed by atoms with Crippen LogP contribution in [0.1, 0.15) is 13.3 Å². The molecule has 1 rings (SSSR count). The van der Waals surface area contributed by atoms with Gasteiger partial charge in [-0.3, -0.25) is 4.79 Å². The molecule has 11 heavy (non-hydrogen) atoms. The minimum absolute atomic E-state index is 0.164. The summed E-state index contributed by atoms with van der Waals surface area (Å²) in [6.07, 6.45) is 0.876. The third-order valence-electron chi connectivity index (χ3n) is 1.84. The summed E-state index contributed by atoms with van der Waals surface area (Å²) in [4.78, 5) is 10.7. The van der Waals surface area contributed by atoms with Gasteiger partial charge in [0.1, 0.15) is 0 Å². The summed E-state index contributed by atoms with van der Waals surface area (Å²) in [7, 11) is 0. The summed E-state index contributed by atoms with van der Waals surface area (Å²) in [6, 6.07) is -0.188. The smallest absolute Gasteiger partial charge is 0.234 e. The second-order valence-electron chi connectivity index (χ2n) is 2.68. The first kappa shape index (κ1) is 8.49. The van der Waals surface area contributed by atoms with Crippen molar-refractivity contribution in [3.63, 3.8) is 0 Å². The number of ether oxygens (including phenoxy) is 1. The van der Waals surface area contributed by atoms with Gasteiger partial charge in [0, 0.05) is 13.2 Å². The first-order valence-electron chi connectivity index (χ1n) is 3.88. The van der Waals surface area contributed by atoms with E-state index in [1.165, 1.54) is 0 Å². The van der Waals surface area contributed by atoms with Crippen molar-refractivity contribution >= 4 is 5.91 Å². The lowest BCUT2D eigenvalue weighted by atomic mass is 10.2. The largest absolute Gasteiger partial charge is 0.377 e. The van der Waals surface area contributed by atoms with Gasteiger partial charge in [0.15, 0.2) is 0 Å². The van der Waals surface area contributed by atoms with Crippen LogP contribution < -0.4 is 11.1 Å². The molecule has 0 aliphatic carbocycles. The van der Waals surface area contributed by atoms with Crippen molar-refractivity contribution < 1.29 is 9.53 Å². The average Bonchev–Trinajstić information content (AvgIpc) is 2.37. The molecule has 2 atom stereocenters. The van der Waals surface area contributed by atoms with Crippen LogP contribution in [-0.2, 0) is 9.53 Å². The van der Waals surface area contributed by atoms with Gasteiger partial charge in [-0.25, -0.2) is 0 Å². The minimum atomic E-state index is -0.285. The van der Waals surface area contributed by atoms with Gasteiger partial charge in [-0.2, -0.15) is 0 Å². The second-order valence-corrected chi connectivity index (χ2v) is 2.68. The fourth-order valence-corrected chi connectivity index (χ4v) is 1.28. The molecule has 64 valence electrons. The van der Waals surface area contributed by atoms with Gasteiger partial charge in [0.25, 0.3) is 0 Å². The van der Waals surface area contributed by atoms with Crippen LogP contribution in [0.3, 0.4) is 0 Å². The molecule has 1 aliphatic rings. The highest BCUT2D eigenvalue weighted by molar-refractivity contribution is 5.80. The number of primary amides is 1. The van der Waals surface area contributed by atoms with Crippen LogP contribution in [0.2, 0.25) is 0 Å². The molecular formula is C7H14N2O2. The van der Waals surface area contributed by atoms with E-state index in [0.29, 0.717) is 13.0 Å². The van der Waals surface area contributed by atoms with Gasteiger partial charge < -0.3 is 15.8 Å². The summed E-state index contributed by atoms with van der Waals surface area (Å²) in [5.41, 5.74) is 5.10. The number of hydrogen-bond acceptors (Lipinski definition) is 3. The van der Waals surface area contributed by atoms with Gasteiger partial charge in [0.2, 0.25) is 5.91 Å². The highest BCUT2D eigenvalue weighted by Gasteiger charge is 2.27. The molecule has 0 aromatic carbocycles. The van der Waals surface area contributed by atoms with E-state index in [-0.39, 0.29) is 18.1 Å². The molecule has 0 saturated carbocycles. The Kier molecular flexibility index (Phi) is 2.84. The fourth-order valence-electron chi connectivity index (χ4n) is 1.28. The van der Waals surface area contributed by atoms with Crippen LogP contribution in [0, 0.1) is 0 Å². The summed E-state index contributed by atoms with van der Waals surface area (Å²) < 4.78 is 5.31. The van der Waals surface area contributed by atoms with Crippen LogP contribution in [0.4, 0.5) is 0 Å². The molecule has 1 amide bonds. The van der Waals surface area contributed by atoms with E-state index in [1.54, 1.807) is 0 Å². The van der Waals surface area contributed by atoms with E-state index < -0.39 is 0 Å². The summed E-state index contributed by atoms with van der Waals surface area (Å²) in [5, 5.41) is 2.99. The zero-order valence-corrected chi connectivity index (χ0v) is 6.67. The Balaban J connectivity index is 2.29. The Bertz CT molecular complexity index is 149. The zero-order chi connectivity index (χ0) is 8.27. The number of nitrogens with two attached hydrogens (primary N) is 1. The molecular weight excluding hydrogens is 144 g/mol. The molecule has 1 heterocycles. The van der Waals surface area contributed by atoms with Crippen LogP contribution in [0.25, 0.3) is 0 Å². The number of amides is 1. The number of hydrogen-bond donors (Lipinski definition) is 2. The lowest BCUT2D eigenvalue weighted by molar-refractivity contribution is -0.119. The van der Waals surface area contributed by atoms with Crippen molar-refractivity contribution in [2.45, 2.75) is 25.5 Å². The Hall–Kier alpha value is -0.610. The molecule has 3 N–H and O–H groups in total. The highest BCUT2D eigenvalue weighted by atomic mass is 16.5. The maximum Gasteiger partial charge on any atom is 0.234 e. The van der Waals surface area contributed by atoms with Gasteiger partial charge >= 0.3 is 0 Å². The first-order chi connectivity index (χ1) is 5.24. The van der Waals surface area contributed by atoms with Gasteiger partial charge in [-0.1, -0.05) is 0 Å². The molecule has 1 saturated heterocycles. The monoisotopic (exact) mass is 158 g/mol. The molecule has 0 aromatic rings. The number of carbonyl (C=O) groups is 1. The lowest BCUT2D eigenvalue weighted by Crippen LogP contribution is -2.36. The molecule has 4 nitrogen and oxygen atoms in total.